The van der Waals surface area contributed by atoms with Crippen LogP contribution in [-0.2, 0) is 61.0 Å². The van der Waals surface area contributed by atoms with E-state index in [0.29, 0.717) is 37.8 Å². The maximum atomic E-state index is 12.9. The van der Waals surface area contributed by atoms with Gasteiger partial charge >= 0.3 is 48.6 Å². The molecule has 2 aromatic carbocycles. The van der Waals surface area contributed by atoms with Gasteiger partial charge in [0.15, 0.2) is 0 Å². The minimum Gasteiger partial charge on any atom is -0.870 e. The summed E-state index contributed by atoms with van der Waals surface area (Å²) in [5.74, 6) is -0.793. The van der Waals surface area contributed by atoms with Crippen LogP contribution < -0.4 is 34.3 Å². The Hall–Kier alpha value is -2.68. The van der Waals surface area contributed by atoms with Gasteiger partial charge < -0.3 is 34.5 Å². The van der Waals surface area contributed by atoms with E-state index in [1.807, 2.05) is 18.2 Å². The molecule has 0 amide bonds. The average molecular weight is 1130 g/mol. The van der Waals surface area contributed by atoms with E-state index in [9.17, 15) is 19.2 Å². The second kappa shape index (κ2) is 36.3. The number of hydrogen-bond acceptors (Lipinski definition) is 14. The summed E-state index contributed by atoms with van der Waals surface area (Å²) in [6.07, 6.45) is 18.0. The molecule has 3 N–H and O–H groups in total. The van der Waals surface area contributed by atoms with Crippen LogP contribution in [0.1, 0.15) is 144 Å². The summed E-state index contributed by atoms with van der Waals surface area (Å²) in [4.78, 5) is 51.3. The fourth-order valence-electron chi connectivity index (χ4n) is 6.85. The summed E-state index contributed by atoms with van der Waals surface area (Å²) in [5, 5.41) is 17.8. The first-order chi connectivity index (χ1) is 31.9. The summed E-state index contributed by atoms with van der Waals surface area (Å²) < 4.78 is 21.5. The van der Waals surface area contributed by atoms with Gasteiger partial charge in [-0.2, -0.15) is 0 Å². The van der Waals surface area contributed by atoms with Crippen molar-refractivity contribution in [2.24, 2.45) is 0 Å². The molecule has 0 saturated carbocycles. The van der Waals surface area contributed by atoms with Crippen molar-refractivity contribution < 1.29 is 83.2 Å². The van der Waals surface area contributed by atoms with E-state index in [-0.39, 0.29) is 54.2 Å². The number of carbonyl (C=O) groups excluding carboxylic acids is 4. The largest absolute Gasteiger partial charge is 1.00 e. The van der Waals surface area contributed by atoms with Crippen molar-refractivity contribution in [1.82, 2.24) is 0 Å². The normalized spacial score (nSPS) is 10.2. The Bertz CT molecular complexity index is 2250. The number of unbranched alkanes of at least 4 members (excludes halogenated alkanes) is 9. The molecule has 0 spiro atoms. The molecule has 0 saturated heterocycles. The molecule has 0 unspecified atom stereocenters. The molecule has 5 rings (SSSR count). The third-order valence-corrected chi connectivity index (χ3v) is 15.4. The number of thiophene rings is 3. The predicted octanol–water partition coefficient (Wildman–Crippen LogP) is 9.90. The molecular weight excluding hydrogens is 1070 g/mol. The molecule has 3 aromatic heterocycles. The Morgan fingerprint density at radius 1 is 0.574 bits per heavy atom. The van der Waals surface area contributed by atoms with Crippen LogP contribution in [0.15, 0.2) is 69.6 Å². The van der Waals surface area contributed by atoms with Crippen LogP contribution >= 0.6 is 65.9 Å². The monoisotopic (exact) mass is 1130 g/mol. The molecule has 366 valence electrons. The Morgan fingerprint density at radius 2 is 1.03 bits per heavy atom. The molecule has 0 aliphatic heterocycles. The average Bonchev–Trinajstić information content (AvgIpc) is 4.12. The Balaban J connectivity index is 0.000000597. The summed E-state index contributed by atoms with van der Waals surface area (Å²) >= 11 is 11.5. The third-order valence-electron chi connectivity index (χ3n) is 10.4. The molecule has 0 bridgehead atoms. The van der Waals surface area contributed by atoms with Crippen molar-refractivity contribution in [2.45, 2.75) is 130 Å². The number of rotatable bonds is 26. The van der Waals surface area contributed by atoms with Crippen molar-refractivity contribution in [1.29, 1.82) is 0 Å². The van der Waals surface area contributed by atoms with Gasteiger partial charge in [-0.1, -0.05) is 101 Å². The van der Waals surface area contributed by atoms with Gasteiger partial charge in [0.25, 0.3) is 12.9 Å². The molecule has 0 atom stereocenters. The van der Waals surface area contributed by atoms with Crippen molar-refractivity contribution in [3.8, 4) is 20.9 Å². The van der Waals surface area contributed by atoms with Gasteiger partial charge in [-0.25, -0.2) is 9.59 Å². The van der Waals surface area contributed by atoms with Gasteiger partial charge in [0.2, 0.25) is 0 Å². The van der Waals surface area contributed by atoms with E-state index in [1.165, 1.54) is 117 Å². The zero-order chi connectivity index (χ0) is 48.3. The second-order valence-corrected chi connectivity index (χ2v) is 20.7. The summed E-state index contributed by atoms with van der Waals surface area (Å²) in [7, 11) is 1.43. The number of ether oxygens (including phenoxy) is 4. The molecular formula is C50H64BBr2NaO11S3. The molecule has 0 aliphatic carbocycles. The number of halogens is 2. The standard InChI is InChI=1S/C30H38O4S2.C10H17BO2S.C10H8Br2O4.Na.H2O/c1-4-6-8-10-12-23-14-16-28(35-23)25-19-27(30(32)33-3)26(18-22(25)20-34-21-31)29-17-15-24(36-29)13-11-9-7-5-2;1-2-3-4-5-6-9-7-8-10(14-9)11(12)13;1-15-10(14)7-3-8(11)6(2-9(7)12)4-16-5-13;;/h14-19,21H,4-13,20H2,1-3H3;7-8,12-13H,2-6H2,1H3;2-3,5H,4H2,1H3;;1H2/q;;;+1;/p-1. The Morgan fingerprint density at radius 3 is 1.49 bits per heavy atom. The number of carbonyl (C=O) groups is 4. The van der Waals surface area contributed by atoms with Crippen LogP contribution in [0.4, 0.5) is 0 Å². The van der Waals surface area contributed by atoms with Crippen LogP contribution in [0.5, 0.6) is 0 Å². The molecule has 0 radical (unpaired) electrons. The van der Waals surface area contributed by atoms with Crippen molar-refractivity contribution in [2.75, 3.05) is 14.2 Å². The number of benzene rings is 2. The van der Waals surface area contributed by atoms with Gasteiger partial charge in [-0.05, 0) is 120 Å². The van der Waals surface area contributed by atoms with Crippen LogP contribution in [0, 0.1) is 0 Å². The molecule has 5 aromatic rings. The molecule has 0 fully saturated rings. The van der Waals surface area contributed by atoms with E-state index >= 15 is 0 Å². The van der Waals surface area contributed by atoms with Crippen LogP contribution in [0.25, 0.3) is 20.9 Å². The first-order valence-electron chi connectivity index (χ1n) is 22.5. The Labute approximate surface area is 453 Å². The fraction of sp³-hybridized carbons (Fsp3) is 0.440. The van der Waals surface area contributed by atoms with Gasteiger partial charge in [0.05, 0.1) is 25.3 Å². The number of esters is 2. The molecule has 18 heteroatoms. The molecule has 0 aliphatic rings. The van der Waals surface area contributed by atoms with E-state index in [1.54, 1.807) is 40.9 Å². The van der Waals surface area contributed by atoms with Gasteiger partial charge in [0, 0.05) is 49.2 Å². The van der Waals surface area contributed by atoms with Crippen LogP contribution in [-0.4, -0.2) is 61.7 Å². The Kier molecular flexibility index (Phi) is 33.8. The maximum absolute atomic E-state index is 12.9. The minimum atomic E-state index is -1.30. The summed E-state index contributed by atoms with van der Waals surface area (Å²) in [6, 6.07) is 19.5. The van der Waals surface area contributed by atoms with Gasteiger partial charge in [-0.15, -0.1) is 34.0 Å². The predicted molar refractivity (Wildman–Crippen MR) is 279 cm³/mol. The molecule has 3 heterocycles. The van der Waals surface area contributed by atoms with Gasteiger partial charge in [-0.3, -0.25) is 9.59 Å². The van der Waals surface area contributed by atoms with E-state index < -0.39 is 13.1 Å². The quantitative estimate of drug-likeness (QED) is 0.0177. The first kappa shape index (κ1) is 63.3. The molecule has 68 heavy (non-hydrogen) atoms. The fourth-order valence-corrected chi connectivity index (χ4v) is 11.0. The topological polar surface area (TPSA) is 176 Å². The van der Waals surface area contributed by atoms with Crippen molar-refractivity contribution in [3.05, 3.63) is 106 Å². The number of methoxy groups -OCH3 is 2. The zero-order valence-corrected chi connectivity index (χ0v) is 47.7. The second-order valence-electron chi connectivity index (χ2n) is 15.4. The minimum absolute atomic E-state index is 0. The van der Waals surface area contributed by atoms with E-state index in [4.69, 9.17) is 19.5 Å². The van der Waals surface area contributed by atoms with Gasteiger partial charge in [0.1, 0.15) is 13.2 Å². The molecule has 11 nitrogen and oxygen atoms in total. The first-order valence-corrected chi connectivity index (χ1v) is 26.5. The SMILES string of the molecule is CCCCCCc1ccc(-c2cc(C(=O)OC)c(-c3ccc(CCCCCC)s3)cc2COC=O)s1.CCCCCCc1ccc(B(O)O)s1.COC(=O)c1cc(Br)c(COC=O)cc1Br.[Na+].[OH-]. The number of hydrogen-bond donors (Lipinski definition) is 2. The third kappa shape index (κ3) is 21.8. The maximum Gasteiger partial charge on any atom is 1.00 e. The summed E-state index contributed by atoms with van der Waals surface area (Å²) in [5.41, 5.74) is 4.34. The zero-order valence-electron chi connectivity index (χ0n) is 40.1. The van der Waals surface area contributed by atoms with E-state index in [2.05, 4.69) is 86.4 Å². The van der Waals surface area contributed by atoms with Crippen molar-refractivity contribution >= 4 is 103 Å². The summed E-state index contributed by atoms with van der Waals surface area (Å²) in [6.45, 7) is 7.79. The smallest absolute Gasteiger partial charge is 0.870 e. The number of aryl methyl sites for hydroxylation is 3. The van der Waals surface area contributed by atoms with Crippen LogP contribution in [0.2, 0.25) is 0 Å². The van der Waals surface area contributed by atoms with Crippen molar-refractivity contribution in [3.63, 3.8) is 0 Å². The van der Waals surface area contributed by atoms with Crippen LogP contribution in [0.3, 0.4) is 0 Å². The van der Waals surface area contributed by atoms with E-state index in [0.717, 1.165) is 51.3 Å².